The summed E-state index contributed by atoms with van der Waals surface area (Å²) in [5.74, 6) is -0.434. The van der Waals surface area contributed by atoms with Crippen molar-refractivity contribution >= 4 is 17.7 Å². The van der Waals surface area contributed by atoms with E-state index in [2.05, 4.69) is 21.7 Å². The quantitative estimate of drug-likeness (QED) is 0.477. The number of carbonyl (C=O) groups excluding carboxylic acids is 3. The summed E-state index contributed by atoms with van der Waals surface area (Å²) in [6.07, 6.45) is 8.35. The molecule has 1 aromatic rings. The van der Waals surface area contributed by atoms with E-state index in [4.69, 9.17) is 4.74 Å². The molecule has 2 fully saturated rings. The van der Waals surface area contributed by atoms with E-state index in [0.717, 1.165) is 17.4 Å². The van der Waals surface area contributed by atoms with Crippen molar-refractivity contribution in [3.05, 3.63) is 45.3 Å². The van der Waals surface area contributed by atoms with Crippen LogP contribution < -0.4 is 21.9 Å². The highest BCUT2D eigenvalue weighted by molar-refractivity contribution is 5.88. The second kappa shape index (κ2) is 10.4. The summed E-state index contributed by atoms with van der Waals surface area (Å²) in [6.45, 7) is 1.69. The van der Waals surface area contributed by atoms with Crippen LogP contribution >= 0.6 is 0 Å². The van der Waals surface area contributed by atoms with E-state index in [9.17, 15) is 24.0 Å². The second-order valence-electron chi connectivity index (χ2n) is 9.29. The zero-order chi connectivity index (χ0) is 24.1. The highest BCUT2D eigenvalue weighted by atomic mass is 16.5. The fraction of sp³-hybridized carbons (Fsp3) is 0.609. The summed E-state index contributed by atoms with van der Waals surface area (Å²) in [4.78, 5) is 65.2. The summed E-state index contributed by atoms with van der Waals surface area (Å²) in [7, 11) is 0. The molecular formula is C23H31N5O6. The maximum Gasteiger partial charge on any atom is 0.328 e. The van der Waals surface area contributed by atoms with Gasteiger partial charge in [-0.05, 0) is 32.1 Å². The number of likely N-dealkylation sites (tertiary alicyclic amines) is 1. The summed E-state index contributed by atoms with van der Waals surface area (Å²) < 4.78 is 6.74. The lowest BCUT2D eigenvalue weighted by Crippen LogP contribution is -2.53. The molecule has 3 aliphatic rings. The fourth-order valence-electron chi connectivity index (χ4n) is 4.93. The number of nitrogens with zero attached hydrogens (tertiary/aromatic N) is 2. The number of ether oxygens (including phenoxy) is 1. The van der Waals surface area contributed by atoms with E-state index in [-0.39, 0.29) is 42.8 Å². The van der Waals surface area contributed by atoms with Gasteiger partial charge in [-0.15, -0.1) is 0 Å². The van der Waals surface area contributed by atoms with Crippen LogP contribution in [-0.4, -0.2) is 71.1 Å². The molecule has 2 atom stereocenters. The molecule has 3 N–H and O–H groups in total. The van der Waals surface area contributed by atoms with Gasteiger partial charge in [0.25, 0.3) is 5.56 Å². The molecule has 2 saturated heterocycles. The molecule has 4 rings (SSSR count). The van der Waals surface area contributed by atoms with Gasteiger partial charge in [-0.2, -0.15) is 0 Å². The number of piperidine rings is 1. The van der Waals surface area contributed by atoms with E-state index in [1.165, 1.54) is 12.3 Å². The molecule has 4 heterocycles. The molecule has 1 aromatic heterocycles. The van der Waals surface area contributed by atoms with Crippen molar-refractivity contribution in [2.45, 2.75) is 44.7 Å². The number of fused-ring (bicyclic) bond motifs is 1. The van der Waals surface area contributed by atoms with Crippen molar-refractivity contribution in [1.82, 2.24) is 25.1 Å². The van der Waals surface area contributed by atoms with Gasteiger partial charge in [-0.1, -0.05) is 12.2 Å². The zero-order valence-corrected chi connectivity index (χ0v) is 19.1. The summed E-state index contributed by atoms with van der Waals surface area (Å²) in [6, 6.07) is 1.24. The predicted octanol–water partition coefficient (Wildman–Crippen LogP) is -0.867. The van der Waals surface area contributed by atoms with E-state index >= 15 is 0 Å². The molecule has 0 bridgehead atoms. The summed E-state index contributed by atoms with van der Waals surface area (Å²) in [5.41, 5.74) is -1.86. The Kier molecular flexibility index (Phi) is 7.30. The van der Waals surface area contributed by atoms with Crippen LogP contribution in [0.2, 0.25) is 0 Å². The lowest BCUT2D eigenvalue weighted by Gasteiger charge is -2.40. The number of nitrogens with one attached hydrogen (secondary N) is 3. The Morgan fingerprint density at radius 1 is 1.15 bits per heavy atom. The number of aromatic amines is 1. The van der Waals surface area contributed by atoms with Gasteiger partial charge in [0, 0.05) is 43.9 Å². The highest BCUT2D eigenvalue weighted by Gasteiger charge is 2.41. The second-order valence-corrected chi connectivity index (χ2v) is 9.29. The minimum atomic E-state index is -0.704. The number of rotatable bonds is 2. The Morgan fingerprint density at radius 3 is 2.71 bits per heavy atom. The van der Waals surface area contributed by atoms with Gasteiger partial charge in [0.15, 0.2) is 0 Å². The molecule has 0 unspecified atom stereocenters. The van der Waals surface area contributed by atoms with Crippen molar-refractivity contribution in [2.75, 3.05) is 32.8 Å². The van der Waals surface area contributed by atoms with Crippen LogP contribution in [0.25, 0.3) is 0 Å². The Hall–Kier alpha value is -3.21. The molecular weight excluding hydrogens is 442 g/mol. The highest BCUT2D eigenvalue weighted by Crippen LogP contribution is 2.36. The van der Waals surface area contributed by atoms with Gasteiger partial charge in [-0.25, -0.2) is 4.79 Å². The first-order valence-electron chi connectivity index (χ1n) is 11.7. The molecule has 0 aromatic carbocycles. The Balaban J connectivity index is 1.42. The Morgan fingerprint density at radius 2 is 1.94 bits per heavy atom. The maximum absolute atomic E-state index is 13.2. The van der Waals surface area contributed by atoms with E-state index in [1.54, 1.807) is 4.90 Å². The van der Waals surface area contributed by atoms with Gasteiger partial charge in [0.1, 0.15) is 6.54 Å². The topological polar surface area (TPSA) is 143 Å². The fourth-order valence-corrected chi connectivity index (χ4v) is 4.93. The van der Waals surface area contributed by atoms with Crippen LogP contribution in [0.15, 0.2) is 34.0 Å². The number of hydrogen-bond donors (Lipinski definition) is 3. The van der Waals surface area contributed by atoms with Gasteiger partial charge in [0.05, 0.1) is 18.6 Å². The van der Waals surface area contributed by atoms with Gasteiger partial charge >= 0.3 is 5.69 Å². The van der Waals surface area contributed by atoms with E-state index < -0.39 is 16.7 Å². The monoisotopic (exact) mass is 473 g/mol. The van der Waals surface area contributed by atoms with Crippen LogP contribution in [0.4, 0.5) is 0 Å². The number of H-pyrrole nitrogens is 1. The number of allylic oxidation sites excluding steroid dienone is 2. The summed E-state index contributed by atoms with van der Waals surface area (Å²) in [5, 5.41) is 5.84. The average molecular weight is 474 g/mol. The SMILES string of the molecule is O=C1CNC(=O)C2(C/C=C/C[C@H]3COCC[C@@H]3N1)CCN(C(=O)Cn1ccc(=O)[nH]c1=O)CC2. The number of amides is 3. The third-order valence-corrected chi connectivity index (χ3v) is 7.10. The van der Waals surface area contributed by atoms with Crippen LogP contribution in [-0.2, 0) is 25.7 Å². The molecule has 1 spiro atoms. The Bertz CT molecular complexity index is 1070. The normalized spacial score (nSPS) is 26.4. The standard InChI is InChI=1S/C23H31N5O6/c29-18-4-9-28(22(33)26-18)14-20(31)27-10-7-23(8-11-27)6-2-1-3-16-15-34-12-5-17(16)25-19(30)13-24-21(23)32/h1-2,4,9,16-17H,3,5-8,10-15H2,(H,24,32)(H,25,30)(H,26,29,33)/b2-1+/t16-,17-/m0/s1. The minimum absolute atomic E-state index is 0.0420. The summed E-state index contributed by atoms with van der Waals surface area (Å²) >= 11 is 0. The number of aromatic nitrogens is 2. The minimum Gasteiger partial charge on any atom is -0.381 e. The van der Waals surface area contributed by atoms with Crippen molar-refractivity contribution in [3.63, 3.8) is 0 Å². The first-order chi connectivity index (χ1) is 16.4. The van der Waals surface area contributed by atoms with Crippen LogP contribution in [0.1, 0.15) is 32.1 Å². The molecule has 0 aliphatic carbocycles. The van der Waals surface area contributed by atoms with E-state index in [0.29, 0.717) is 45.6 Å². The van der Waals surface area contributed by atoms with Crippen LogP contribution in [0, 0.1) is 11.3 Å². The van der Waals surface area contributed by atoms with Crippen LogP contribution in [0.5, 0.6) is 0 Å². The van der Waals surface area contributed by atoms with Gasteiger partial charge in [0.2, 0.25) is 17.7 Å². The van der Waals surface area contributed by atoms with Crippen molar-refractivity contribution < 1.29 is 19.1 Å². The molecule has 3 amide bonds. The molecule has 3 aliphatic heterocycles. The lowest BCUT2D eigenvalue weighted by atomic mass is 9.74. The van der Waals surface area contributed by atoms with Crippen molar-refractivity contribution in [2.24, 2.45) is 11.3 Å². The molecule has 34 heavy (non-hydrogen) atoms. The molecule has 0 saturated carbocycles. The zero-order valence-electron chi connectivity index (χ0n) is 19.1. The van der Waals surface area contributed by atoms with E-state index in [1.807, 2.05) is 6.08 Å². The largest absolute Gasteiger partial charge is 0.381 e. The van der Waals surface area contributed by atoms with Gasteiger partial charge < -0.3 is 20.3 Å². The lowest BCUT2D eigenvalue weighted by molar-refractivity contribution is -0.141. The molecule has 184 valence electrons. The first-order valence-corrected chi connectivity index (χ1v) is 11.7. The number of carbonyl (C=O) groups is 3. The van der Waals surface area contributed by atoms with Gasteiger partial charge in [-0.3, -0.25) is 28.7 Å². The van der Waals surface area contributed by atoms with Crippen molar-refractivity contribution in [1.29, 1.82) is 0 Å². The molecule has 11 heteroatoms. The number of hydrogen-bond acceptors (Lipinski definition) is 6. The van der Waals surface area contributed by atoms with Crippen molar-refractivity contribution in [3.8, 4) is 0 Å². The maximum atomic E-state index is 13.2. The Labute approximate surface area is 196 Å². The average Bonchev–Trinajstić information content (AvgIpc) is 2.82. The predicted molar refractivity (Wildman–Crippen MR) is 122 cm³/mol. The molecule has 0 radical (unpaired) electrons. The third kappa shape index (κ3) is 5.46. The third-order valence-electron chi connectivity index (χ3n) is 7.10. The molecule has 11 nitrogen and oxygen atoms in total. The van der Waals surface area contributed by atoms with Crippen LogP contribution in [0.3, 0.4) is 0 Å². The smallest absolute Gasteiger partial charge is 0.328 e. The first kappa shape index (κ1) is 23.9.